The third-order valence-corrected chi connectivity index (χ3v) is 6.51. The van der Waals surface area contributed by atoms with Crippen LogP contribution in [-0.4, -0.2) is 26.9 Å². The van der Waals surface area contributed by atoms with Crippen molar-refractivity contribution in [1.82, 2.24) is 14.5 Å². The Morgan fingerprint density at radius 1 is 1.27 bits per heavy atom. The van der Waals surface area contributed by atoms with E-state index in [-0.39, 0.29) is 11.5 Å². The zero-order valence-electron chi connectivity index (χ0n) is 14.6. The maximum Gasteiger partial charge on any atom is 0.262 e. The first-order chi connectivity index (χ1) is 12.6. The molecule has 26 heavy (non-hydrogen) atoms. The second-order valence-corrected chi connectivity index (χ2v) is 8.25. The van der Waals surface area contributed by atoms with E-state index in [0.717, 1.165) is 51.0 Å². The standard InChI is InChI=1S/C20H19N3O2S/c1-12-4-2-3-5-14(12)19(24)22-9-8-15-16(10-22)26-18-17(15)20(25)23(11-21-18)13-6-7-13/h2-5,11,13H,6-10H2,1H3. The predicted molar refractivity (Wildman–Crippen MR) is 102 cm³/mol. The van der Waals surface area contributed by atoms with E-state index in [2.05, 4.69) is 4.98 Å². The fraction of sp³-hybridized carbons (Fsp3) is 0.350. The Labute approximate surface area is 154 Å². The molecule has 0 saturated heterocycles. The molecule has 5 nitrogen and oxygen atoms in total. The molecule has 1 aliphatic carbocycles. The minimum Gasteiger partial charge on any atom is -0.333 e. The van der Waals surface area contributed by atoms with Crippen molar-refractivity contribution in [1.29, 1.82) is 0 Å². The molecule has 2 aromatic heterocycles. The summed E-state index contributed by atoms with van der Waals surface area (Å²) in [5.41, 5.74) is 2.94. The fourth-order valence-corrected chi connectivity index (χ4v) is 4.96. The van der Waals surface area contributed by atoms with Crippen LogP contribution >= 0.6 is 11.3 Å². The van der Waals surface area contributed by atoms with Crippen LogP contribution in [0.25, 0.3) is 10.2 Å². The lowest BCUT2D eigenvalue weighted by molar-refractivity contribution is 0.0736. The second kappa shape index (κ2) is 5.77. The summed E-state index contributed by atoms with van der Waals surface area (Å²) in [6.07, 6.45) is 4.55. The zero-order valence-corrected chi connectivity index (χ0v) is 15.4. The normalized spacial score (nSPS) is 16.7. The van der Waals surface area contributed by atoms with Gasteiger partial charge in [-0.25, -0.2) is 4.98 Å². The Bertz CT molecular complexity index is 1090. The number of aryl methyl sites for hydroxylation is 1. The van der Waals surface area contributed by atoms with Gasteiger partial charge in [-0.15, -0.1) is 11.3 Å². The van der Waals surface area contributed by atoms with Gasteiger partial charge in [-0.1, -0.05) is 18.2 Å². The van der Waals surface area contributed by atoms with E-state index in [4.69, 9.17) is 0 Å². The lowest BCUT2D eigenvalue weighted by Crippen LogP contribution is -2.36. The monoisotopic (exact) mass is 365 g/mol. The molecule has 0 radical (unpaired) electrons. The van der Waals surface area contributed by atoms with Gasteiger partial charge < -0.3 is 4.90 Å². The molecule has 1 aromatic carbocycles. The Hall–Kier alpha value is -2.47. The quantitative estimate of drug-likeness (QED) is 0.700. The van der Waals surface area contributed by atoms with Crippen molar-refractivity contribution in [3.63, 3.8) is 0 Å². The SMILES string of the molecule is Cc1ccccc1C(=O)N1CCc2c(sc3ncn(C4CC4)c(=O)c23)C1. The molecule has 3 heterocycles. The van der Waals surface area contributed by atoms with Crippen LogP contribution in [0.15, 0.2) is 35.4 Å². The van der Waals surface area contributed by atoms with E-state index in [9.17, 15) is 9.59 Å². The van der Waals surface area contributed by atoms with Gasteiger partial charge in [0.25, 0.3) is 11.5 Å². The summed E-state index contributed by atoms with van der Waals surface area (Å²) in [7, 11) is 0. The summed E-state index contributed by atoms with van der Waals surface area (Å²) in [4.78, 5) is 34.1. The van der Waals surface area contributed by atoms with E-state index in [1.165, 1.54) is 0 Å². The molecule has 6 heteroatoms. The molecule has 132 valence electrons. The molecule has 0 atom stereocenters. The van der Waals surface area contributed by atoms with Crippen molar-refractivity contribution >= 4 is 27.5 Å². The van der Waals surface area contributed by atoms with Crippen molar-refractivity contribution < 1.29 is 4.79 Å². The van der Waals surface area contributed by atoms with Gasteiger partial charge in [0.1, 0.15) is 4.83 Å². The molecule has 5 rings (SSSR count). The molecule has 3 aromatic rings. The molecule has 0 bridgehead atoms. The summed E-state index contributed by atoms with van der Waals surface area (Å²) < 4.78 is 1.79. The van der Waals surface area contributed by atoms with Crippen LogP contribution in [0.5, 0.6) is 0 Å². The molecule has 1 aliphatic heterocycles. The van der Waals surface area contributed by atoms with Gasteiger partial charge in [0.15, 0.2) is 0 Å². The molecule has 1 saturated carbocycles. The van der Waals surface area contributed by atoms with Crippen molar-refractivity contribution in [3.8, 4) is 0 Å². The van der Waals surface area contributed by atoms with Gasteiger partial charge in [-0.2, -0.15) is 0 Å². The van der Waals surface area contributed by atoms with E-state index >= 15 is 0 Å². The van der Waals surface area contributed by atoms with Crippen LogP contribution in [0.4, 0.5) is 0 Å². The van der Waals surface area contributed by atoms with Crippen LogP contribution < -0.4 is 5.56 Å². The topological polar surface area (TPSA) is 55.2 Å². The van der Waals surface area contributed by atoms with Crippen LogP contribution in [0, 0.1) is 6.92 Å². The number of carbonyl (C=O) groups is 1. The highest BCUT2D eigenvalue weighted by molar-refractivity contribution is 7.18. The Kier molecular flexibility index (Phi) is 3.50. The maximum absolute atomic E-state index is 12.9. The Balaban J connectivity index is 1.52. The van der Waals surface area contributed by atoms with Crippen molar-refractivity contribution in [3.05, 3.63) is 62.5 Å². The van der Waals surface area contributed by atoms with Crippen LogP contribution in [0.3, 0.4) is 0 Å². The van der Waals surface area contributed by atoms with Crippen LogP contribution in [-0.2, 0) is 13.0 Å². The van der Waals surface area contributed by atoms with E-state index < -0.39 is 0 Å². The molecule has 0 spiro atoms. The fourth-order valence-electron chi connectivity index (χ4n) is 3.77. The highest BCUT2D eigenvalue weighted by Crippen LogP contribution is 2.36. The van der Waals surface area contributed by atoms with Crippen LogP contribution in [0.2, 0.25) is 0 Å². The largest absolute Gasteiger partial charge is 0.333 e. The number of fused-ring (bicyclic) bond motifs is 3. The molecule has 0 unspecified atom stereocenters. The summed E-state index contributed by atoms with van der Waals surface area (Å²) in [6, 6.07) is 8.03. The van der Waals surface area contributed by atoms with Crippen molar-refractivity contribution in [2.24, 2.45) is 0 Å². The lowest BCUT2D eigenvalue weighted by Gasteiger charge is -2.27. The molecular formula is C20H19N3O2S. The number of nitrogens with zero attached hydrogens (tertiary/aromatic N) is 3. The average Bonchev–Trinajstić information content (AvgIpc) is 3.41. The highest BCUT2D eigenvalue weighted by Gasteiger charge is 2.30. The number of thiophene rings is 1. The first-order valence-corrected chi connectivity index (χ1v) is 9.81. The highest BCUT2D eigenvalue weighted by atomic mass is 32.1. The molecule has 1 amide bonds. The third kappa shape index (κ3) is 2.40. The summed E-state index contributed by atoms with van der Waals surface area (Å²) >= 11 is 1.56. The van der Waals surface area contributed by atoms with Crippen molar-refractivity contribution in [2.45, 2.75) is 38.8 Å². The predicted octanol–water partition coefficient (Wildman–Crippen LogP) is 3.30. The number of hydrogen-bond donors (Lipinski definition) is 0. The number of aromatic nitrogens is 2. The lowest BCUT2D eigenvalue weighted by atomic mass is 10.0. The summed E-state index contributed by atoms with van der Waals surface area (Å²) in [5, 5.41) is 0.780. The van der Waals surface area contributed by atoms with E-state index in [0.29, 0.717) is 19.1 Å². The first-order valence-electron chi connectivity index (χ1n) is 9.00. The number of amides is 1. The van der Waals surface area contributed by atoms with Gasteiger partial charge >= 0.3 is 0 Å². The van der Waals surface area contributed by atoms with E-state index in [1.807, 2.05) is 36.1 Å². The number of hydrogen-bond acceptors (Lipinski definition) is 4. The van der Waals surface area contributed by atoms with Crippen LogP contribution in [0.1, 0.15) is 45.2 Å². The maximum atomic E-state index is 12.9. The minimum atomic E-state index is 0.0644. The van der Waals surface area contributed by atoms with E-state index in [1.54, 1.807) is 22.2 Å². The molecule has 2 aliphatic rings. The number of benzene rings is 1. The summed E-state index contributed by atoms with van der Waals surface area (Å²) in [5.74, 6) is 0.0644. The summed E-state index contributed by atoms with van der Waals surface area (Å²) in [6.45, 7) is 3.17. The zero-order chi connectivity index (χ0) is 17.8. The minimum absolute atomic E-state index is 0.0644. The molecule has 0 N–H and O–H groups in total. The number of rotatable bonds is 2. The Morgan fingerprint density at radius 3 is 2.85 bits per heavy atom. The molecular weight excluding hydrogens is 346 g/mol. The molecule has 1 fully saturated rings. The smallest absolute Gasteiger partial charge is 0.262 e. The van der Waals surface area contributed by atoms with Gasteiger partial charge in [0, 0.05) is 23.0 Å². The average molecular weight is 365 g/mol. The third-order valence-electron chi connectivity index (χ3n) is 5.39. The first kappa shape index (κ1) is 15.8. The van der Waals surface area contributed by atoms with Gasteiger partial charge in [-0.3, -0.25) is 14.2 Å². The second-order valence-electron chi connectivity index (χ2n) is 7.16. The van der Waals surface area contributed by atoms with Gasteiger partial charge in [0.05, 0.1) is 18.3 Å². The Morgan fingerprint density at radius 2 is 2.08 bits per heavy atom. The number of carbonyl (C=O) groups excluding carboxylic acids is 1. The van der Waals surface area contributed by atoms with Gasteiger partial charge in [-0.05, 0) is 43.4 Å². The van der Waals surface area contributed by atoms with Gasteiger partial charge in [0.2, 0.25) is 0 Å². The van der Waals surface area contributed by atoms with Crippen molar-refractivity contribution in [2.75, 3.05) is 6.54 Å².